The first-order valence-electron chi connectivity index (χ1n) is 11.4. The molecule has 0 aliphatic carbocycles. The lowest BCUT2D eigenvalue weighted by Gasteiger charge is -2.06. The van der Waals surface area contributed by atoms with E-state index in [2.05, 4.69) is 0 Å². The summed E-state index contributed by atoms with van der Waals surface area (Å²) in [6, 6.07) is -4.88. The molecule has 0 nitrogen and oxygen atoms in total. The van der Waals surface area contributed by atoms with Gasteiger partial charge in [0, 0.05) is 20.2 Å². The minimum absolute atomic E-state index is 0.0983. The third kappa shape index (κ3) is 1.67. The molecule has 0 atom stereocenters. The molecular formula is C19H14S. The van der Waals surface area contributed by atoms with Gasteiger partial charge in [-0.15, -0.1) is 11.3 Å². The summed E-state index contributed by atoms with van der Waals surface area (Å²) < 4.78 is 90.7. The van der Waals surface area contributed by atoms with Crippen LogP contribution >= 0.6 is 11.3 Å². The molecule has 0 saturated heterocycles. The lowest BCUT2D eigenvalue weighted by atomic mass is 9.98. The van der Waals surface area contributed by atoms with Crippen LogP contribution in [0.15, 0.2) is 66.5 Å². The minimum Gasteiger partial charge on any atom is -0.135 e. The van der Waals surface area contributed by atoms with E-state index in [9.17, 15) is 0 Å². The Morgan fingerprint density at radius 2 is 1.60 bits per heavy atom. The lowest BCUT2D eigenvalue weighted by molar-refractivity contribution is 1.55. The van der Waals surface area contributed by atoms with Crippen LogP contribution in [0.3, 0.4) is 0 Å². The first-order chi connectivity index (χ1) is 14.4. The van der Waals surface area contributed by atoms with Crippen molar-refractivity contribution in [2.75, 3.05) is 0 Å². The van der Waals surface area contributed by atoms with Crippen LogP contribution in [-0.4, -0.2) is 0 Å². The van der Waals surface area contributed by atoms with Crippen LogP contribution in [-0.2, 0) is 0 Å². The van der Waals surface area contributed by atoms with Crippen molar-refractivity contribution >= 4 is 31.5 Å². The van der Waals surface area contributed by atoms with Crippen molar-refractivity contribution in [2.24, 2.45) is 0 Å². The quantitative estimate of drug-likeness (QED) is 0.400. The van der Waals surface area contributed by atoms with Gasteiger partial charge in [0.05, 0.1) is 15.1 Å². The summed E-state index contributed by atoms with van der Waals surface area (Å²) in [5, 5.41) is 0.313. The van der Waals surface area contributed by atoms with Crippen LogP contribution in [0.25, 0.3) is 31.3 Å². The molecule has 1 heteroatoms. The van der Waals surface area contributed by atoms with Crippen LogP contribution in [0.2, 0.25) is 0 Å². The molecule has 0 saturated carbocycles. The van der Waals surface area contributed by atoms with Crippen molar-refractivity contribution in [1.29, 1.82) is 0 Å². The van der Waals surface area contributed by atoms with Gasteiger partial charge in [-0.25, -0.2) is 0 Å². The molecule has 0 aliphatic heterocycles. The predicted molar refractivity (Wildman–Crippen MR) is 89.5 cm³/mol. The average Bonchev–Trinajstić information content (AvgIpc) is 3.14. The van der Waals surface area contributed by atoms with Gasteiger partial charge in [0.1, 0.15) is 0 Å². The molecular weight excluding hydrogens is 260 g/mol. The molecule has 0 N–H and O–H groups in total. The van der Waals surface area contributed by atoms with Gasteiger partial charge >= 0.3 is 0 Å². The Hall–Kier alpha value is -2.12. The van der Waals surface area contributed by atoms with Crippen molar-refractivity contribution in [3.05, 3.63) is 72.0 Å². The second kappa shape index (κ2) is 4.46. The van der Waals surface area contributed by atoms with E-state index in [0.717, 1.165) is 11.3 Å². The number of aryl methyl sites for hydroxylation is 1. The van der Waals surface area contributed by atoms with Crippen LogP contribution in [0.1, 0.15) is 20.6 Å². The van der Waals surface area contributed by atoms with Gasteiger partial charge in [0.25, 0.3) is 0 Å². The molecule has 0 bridgehead atoms. The molecule has 0 amide bonds. The smallest absolute Gasteiger partial charge is 0.0638 e. The predicted octanol–water partition coefficient (Wildman–Crippen LogP) is 6.03. The number of hydrogen-bond donors (Lipinski definition) is 0. The van der Waals surface area contributed by atoms with E-state index >= 15 is 0 Å². The topological polar surface area (TPSA) is 0 Å². The van der Waals surface area contributed by atoms with Crippen molar-refractivity contribution in [1.82, 2.24) is 0 Å². The zero-order valence-corrected chi connectivity index (χ0v) is 11.2. The maximum atomic E-state index is 8.57. The van der Waals surface area contributed by atoms with Crippen molar-refractivity contribution in [2.45, 2.75) is 6.92 Å². The monoisotopic (exact) mass is 285 g/mol. The van der Waals surface area contributed by atoms with Gasteiger partial charge in [0.15, 0.2) is 0 Å². The molecule has 20 heavy (non-hydrogen) atoms. The highest BCUT2D eigenvalue weighted by Crippen LogP contribution is 2.41. The van der Waals surface area contributed by atoms with E-state index in [4.69, 9.17) is 15.1 Å². The molecule has 0 unspecified atom stereocenters. The molecule has 0 fully saturated rings. The highest BCUT2D eigenvalue weighted by atomic mass is 32.1. The number of benzene rings is 3. The number of hydrogen-bond acceptors (Lipinski definition) is 1. The van der Waals surface area contributed by atoms with Crippen LogP contribution in [0, 0.1) is 6.92 Å². The van der Waals surface area contributed by atoms with Crippen LogP contribution in [0.4, 0.5) is 0 Å². The molecule has 4 rings (SSSR count). The number of fused-ring (bicyclic) bond motifs is 3. The van der Waals surface area contributed by atoms with Crippen LogP contribution in [0.5, 0.6) is 0 Å². The van der Waals surface area contributed by atoms with Crippen molar-refractivity contribution in [3.63, 3.8) is 0 Å². The van der Waals surface area contributed by atoms with Gasteiger partial charge in [-0.05, 0) is 29.7 Å². The third-order valence-electron chi connectivity index (χ3n) is 3.05. The minimum atomic E-state index is -0.586. The molecule has 0 aliphatic rings. The fourth-order valence-corrected chi connectivity index (χ4v) is 3.23. The van der Waals surface area contributed by atoms with E-state index < -0.39 is 42.3 Å². The Kier molecular flexibility index (Phi) is 1.12. The summed E-state index contributed by atoms with van der Waals surface area (Å²) in [4.78, 5) is 0. The zero-order valence-electron chi connectivity index (χ0n) is 21.4. The van der Waals surface area contributed by atoms with Crippen molar-refractivity contribution in [3.8, 4) is 11.1 Å². The van der Waals surface area contributed by atoms with Gasteiger partial charge < -0.3 is 0 Å². The normalized spacial score (nSPS) is 18.9. The third-order valence-corrected chi connectivity index (χ3v) is 4.27. The zero-order chi connectivity index (χ0) is 23.1. The van der Waals surface area contributed by atoms with E-state index in [1.54, 1.807) is 6.92 Å². The molecule has 4 aromatic rings. The van der Waals surface area contributed by atoms with E-state index in [1.165, 1.54) is 0 Å². The maximum absolute atomic E-state index is 8.57. The van der Waals surface area contributed by atoms with E-state index in [-0.39, 0.29) is 50.8 Å². The number of rotatable bonds is 1. The fourth-order valence-electron chi connectivity index (χ4n) is 2.16. The van der Waals surface area contributed by atoms with Crippen molar-refractivity contribution < 1.29 is 15.1 Å². The lowest BCUT2D eigenvalue weighted by Crippen LogP contribution is -1.81. The van der Waals surface area contributed by atoms with E-state index in [1.807, 2.05) is 0 Å². The average molecular weight is 285 g/mol. The maximum Gasteiger partial charge on any atom is 0.0638 e. The summed E-state index contributed by atoms with van der Waals surface area (Å²) in [6.45, 7) is 1.60. The largest absolute Gasteiger partial charge is 0.135 e. The summed E-state index contributed by atoms with van der Waals surface area (Å²) >= 11 is 1.04. The highest BCUT2D eigenvalue weighted by Gasteiger charge is 2.11. The second-order valence-electron chi connectivity index (χ2n) is 4.26. The molecule has 1 aromatic heterocycles. The molecule has 0 spiro atoms. The molecule has 3 aromatic carbocycles. The van der Waals surface area contributed by atoms with Gasteiger partial charge in [-0.1, -0.05) is 60.4 Å². The van der Waals surface area contributed by atoms with Gasteiger partial charge in [-0.3, -0.25) is 0 Å². The Balaban J connectivity index is 2.40. The SMILES string of the molecule is [2H]c1c([2H])c([2H])c(-c2c([2H])c([2H])c(C)c3sc4c([2H])c([2H])c([2H])c([2H])c4c23)c([2H])c1[2H]. The molecule has 1 heterocycles. The standard InChI is InChI=1S/C19H14S/c1-13-11-12-15(14-7-3-2-4-8-14)18-16-9-5-6-10-17(16)20-19(13)18/h2-12H,1H3/i2D,3D,4D,5D,6D,7D,8D,9D,10D,11D,12D. The first-order valence-corrected chi connectivity index (χ1v) is 6.72. The summed E-state index contributed by atoms with van der Waals surface area (Å²) in [6.07, 6.45) is 0. The second-order valence-corrected chi connectivity index (χ2v) is 5.28. The summed E-state index contributed by atoms with van der Waals surface area (Å²) in [5.41, 5.74) is 0.0228. The Morgan fingerprint density at radius 3 is 2.45 bits per heavy atom. The van der Waals surface area contributed by atoms with E-state index in [0.29, 0.717) is 10.3 Å². The highest BCUT2D eigenvalue weighted by molar-refractivity contribution is 7.26. The Morgan fingerprint density at radius 1 is 0.850 bits per heavy atom. The fraction of sp³-hybridized carbons (Fsp3) is 0.0526. The Bertz CT molecular complexity index is 1420. The summed E-state index contributed by atoms with van der Waals surface area (Å²) in [5.74, 6) is 0. The number of thiophene rings is 1. The van der Waals surface area contributed by atoms with Gasteiger partial charge in [0.2, 0.25) is 0 Å². The Labute approximate surface area is 137 Å². The van der Waals surface area contributed by atoms with Crippen LogP contribution < -0.4 is 0 Å². The summed E-state index contributed by atoms with van der Waals surface area (Å²) in [7, 11) is 0. The molecule has 96 valence electrons. The first kappa shape index (κ1) is 5.01. The van der Waals surface area contributed by atoms with Gasteiger partial charge in [-0.2, -0.15) is 0 Å². The molecule has 0 radical (unpaired) electrons.